The van der Waals surface area contributed by atoms with E-state index in [1.165, 1.54) is 77.9 Å². The van der Waals surface area contributed by atoms with Gasteiger partial charge in [-0.1, -0.05) is 13.8 Å². The second kappa shape index (κ2) is 8.23. The van der Waals surface area contributed by atoms with E-state index in [4.69, 9.17) is 0 Å². The molecule has 19 heavy (non-hydrogen) atoms. The van der Waals surface area contributed by atoms with Crippen LogP contribution in [-0.4, -0.2) is 61.7 Å². The van der Waals surface area contributed by atoms with Crippen molar-refractivity contribution in [2.75, 3.05) is 45.8 Å². The van der Waals surface area contributed by atoms with Gasteiger partial charge in [-0.15, -0.1) is 0 Å². The van der Waals surface area contributed by atoms with Crippen LogP contribution < -0.4 is 5.32 Å². The van der Waals surface area contributed by atoms with Gasteiger partial charge in [0.1, 0.15) is 0 Å². The Labute approximate surface area is 119 Å². The van der Waals surface area contributed by atoms with Crippen molar-refractivity contribution in [2.45, 2.75) is 52.0 Å². The van der Waals surface area contributed by atoms with Gasteiger partial charge in [0.25, 0.3) is 0 Å². The van der Waals surface area contributed by atoms with E-state index in [1.54, 1.807) is 0 Å². The number of likely N-dealkylation sites (tertiary alicyclic amines) is 2. The van der Waals surface area contributed by atoms with Gasteiger partial charge in [-0.05, 0) is 77.3 Å². The van der Waals surface area contributed by atoms with Crippen molar-refractivity contribution in [1.82, 2.24) is 15.1 Å². The quantitative estimate of drug-likeness (QED) is 0.713. The summed E-state index contributed by atoms with van der Waals surface area (Å²) in [6.07, 6.45) is 6.77. The number of hydrogen-bond donors (Lipinski definition) is 1. The maximum absolute atomic E-state index is 3.59. The van der Waals surface area contributed by atoms with Crippen LogP contribution in [0.5, 0.6) is 0 Å². The Bertz CT molecular complexity index is 236. The SMILES string of the molecule is CCCNCC1CCN(C2CCN(CCC)CC2)C1. The summed E-state index contributed by atoms with van der Waals surface area (Å²) in [5.41, 5.74) is 0. The summed E-state index contributed by atoms with van der Waals surface area (Å²) in [4.78, 5) is 5.43. The topological polar surface area (TPSA) is 18.5 Å². The Balaban J connectivity index is 1.64. The van der Waals surface area contributed by atoms with E-state index in [0.717, 1.165) is 12.0 Å². The molecule has 1 N–H and O–H groups in total. The lowest BCUT2D eigenvalue weighted by Crippen LogP contribution is -2.44. The van der Waals surface area contributed by atoms with Crippen LogP contribution in [0.1, 0.15) is 46.0 Å². The van der Waals surface area contributed by atoms with Crippen LogP contribution in [0, 0.1) is 5.92 Å². The van der Waals surface area contributed by atoms with Crippen LogP contribution in [0.2, 0.25) is 0 Å². The van der Waals surface area contributed by atoms with E-state index in [2.05, 4.69) is 29.0 Å². The molecule has 0 aromatic heterocycles. The molecule has 1 unspecified atom stereocenters. The number of piperidine rings is 1. The highest BCUT2D eigenvalue weighted by Gasteiger charge is 2.30. The van der Waals surface area contributed by atoms with Crippen molar-refractivity contribution in [2.24, 2.45) is 5.92 Å². The number of rotatable bonds is 7. The largest absolute Gasteiger partial charge is 0.316 e. The lowest BCUT2D eigenvalue weighted by Gasteiger charge is -2.36. The molecule has 0 radical (unpaired) electrons. The van der Waals surface area contributed by atoms with Gasteiger partial charge in [0.2, 0.25) is 0 Å². The second-order valence-electron chi connectivity index (χ2n) is 6.43. The van der Waals surface area contributed by atoms with Gasteiger partial charge >= 0.3 is 0 Å². The fourth-order valence-corrected chi connectivity index (χ4v) is 3.67. The van der Waals surface area contributed by atoms with Crippen LogP contribution in [0.4, 0.5) is 0 Å². The zero-order valence-electron chi connectivity index (χ0n) is 13.0. The number of nitrogens with zero attached hydrogens (tertiary/aromatic N) is 2. The van der Waals surface area contributed by atoms with E-state index in [0.29, 0.717) is 0 Å². The van der Waals surface area contributed by atoms with Crippen LogP contribution in [0.15, 0.2) is 0 Å². The third kappa shape index (κ3) is 4.73. The minimum absolute atomic E-state index is 0.879. The van der Waals surface area contributed by atoms with Crippen molar-refractivity contribution in [1.29, 1.82) is 0 Å². The zero-order valence-corrected chi connectivity index (χ0v) is 13.0. The van der Waals surface area contributed by atoms with E-state index < -0.39 is 0 Å². The molecule has 2 fully saturated rings. The predicted octanol–water partition coefficient (Wildman–Crippen LogP) is 2.18. The Hall–Kier alpha value is -0.120. The first-order chi connectivity index (χ1) is 9.33. The molecule has 2 rings (SSSR count). The summed E-state index contributed by atoms with van der Waals surface area (Å²) in [7, 11) is 0. The fourth-order valence-electron chi connectivity index (χ4n) is 3.67. The molecule has 0 aromatic rings. The van der Waals surface area contributed by atoms with E-state index in [9.17, 15) is 0 Å². The van der Waals surface area contributed by atoms with E-state index in [-0.39, 0.29) is 0 Å². The average molecular weight is 267 g/mol. The molecule has 2 heterocycles. The molecule has 0 aliphatic carbocycles. The molecule has 2 aliphatic rings. The summed E-state index contributed by atoms with van der Waals surface area (Å²) in [6, 6.07) is 0.879. The summed E-state index contributed by atoms with van der Waals surface area (Å²) >= 11 is 0. The third-order valence-electron chi connectivity index (χ3n) is 4.79. The van der Waals surface area contributed by atoms with Gasteiger partial charge in [0.15, 0.2) is 0 Å². The molecule has 0 amide bonds. The summed E-state index contributed by atoms with van der Waals surface area (Å²) in [6.45, 7) is 13.6. The lowest BCUT2D eigenvalue weighted by molar-refractivity contribution is 0.124. The molecule has 112 valence electrons. The molecule has 3 heteroatoms. The van der Waals surface area contributed by atoms with Crippen molar-refractivity contribution in [3.8, 4) is 0 Å². The second-order valence-corrected chi connectivity index (χ2v) is 6.43. The lowest BCUT2D eigenvalue weighted by atomic mass is 10.0. The highest BCUT2D eigenvalue weighted by atomic mass is 15.2. The Kier molecular flexibility index (Phi) is 6.62. The summed E-state index contributed by atoms with van der Waals surface area (Å²) < 4.78 is 0. The minimum atomic E-state index is 0.879. The van der Waals surface area contributed by atoms with Gasteiger partial charge in [-0.2, -0.15) is 0 Å². The third-order valence-corrected chi connectivity index (χ3v) is 4.79. The summed E-state index contributed by atoms with van der Waals surface area (Å²) in [5.74, 6) is 0.903. The van der Waals surface area contributed by atoms with Gasteiger partial charge in [0, 0.05) is 12.6 Å². The maximum atomic E-state index is 3.59. The average Bonchev–Trinajstić information content (AvgIpc) is 2.89. The van der Waals surface area contributed by atoms with Crippen molar-refractivity contribution < 1.29 is 0 Å². The van der Waals surface area contributed by atoms with Crippen molar-refractivity contribution in [3.63, 3.8) is 0 Å². The highest BCUT2D eigenvalue weighted by molar-refractivity contribution is 4.86. The first kappa shape index (κ1) is 15.3. The predicted molar refractivity (Wildman–Crippen MR) is 82.6 cm³/mol. The fraction of sp³-hybridized carbons (Fsp3) is 1.00. The number of nitrogens with one attached hydrogen (secondary N) is 1. The van der Waals surface area contributed by atoms with Crippen LogP contribution in [-0.2, 0) is 0 Å². The van der Waals surface area contributed by atoms with Gasteiger partial charge in [-0.3, -0.25) is 4.90 Å². The molecule has 0 aromatic carbocycles. The molecule has 0 saturated carbocycles. The van der Waals surface area contributed by atoms with Gasteiger partial charge in [-0.25, -0.2) is 0 Å². The van der Waals surface area contributed by atoms with E-state index >= 15 is 0 Å². The van der Waals surface area contributed by atoms with Gasteiger partial charge in [0.05, 0.1) is 0 Å². The van der Waals surface area contributed by atoms with Crippen molar-refractivity contribution in [3.05, 3.63) is 0 Å². The first-order valence-electron chi connectivity index (χ1n) is 8.50. The van der Waals surface area contributed by atoms with Crippen LogP contribution >= 0.6 is 0 Å². The van der Waals surface area contributed by atoms with Gasteiger partial charge < -0.3 is 10.2 Å². The maximum Gasteiger partial charge on any atom is 0.0120 e. The monoisotopic (exact) mass is 267 g/mol. The molecule has 0 spiro atoms. The first-order valence-corrected chi connectivity index (χ1v) is 8.50. The van der Waals surface area contributed by atoms with Crippen molar-refractivity contribution >= 4 is 0 Å². The highest BCUT2D eigenvalue weighted by Crippen LogP contribution is 2.24. The molecular formula is C16H33N3. The molecule has 3 nitrogen and oxygen atoms in total. The Morgan fingerprint density at radius 2 is 1.79 bits per heavy atom. The van der Waals surface area contributed by atoms with Crippen LogP contribution in [0.3, 0.4) is 0 Å². The molecular weight excluding hydrogens is 234 g/mol. The molecule has 2 saturated heterocycles. The molecule has 0 bridgehead atoms. The summed E-state index contributed by atoms with van der Waals surface area (Å²) in [5, 5.41) is 3.59. The number of hydrogen-bond acceptors (Lipinski definition) is 3. The normalized spacial score (nSPS) is 27.2. The molecule has 1 atom stereocenters. The minimum Gasteiger partial charge on any atom is -0.316 e. The van der Waals surface area contributed by atoms with Crippen LogP contribution in [0.25, 0.3) is 0 Å². The van der Waals surface area contributed by atoms with E-state index in [1.807, 2.05) is 0 Å². The smallest absolute Gasteiger partial charge is 0.0120 e. The standard InChI is InChI=1S/C16H33N3/c1-3-8-17-13-15-5-12-19(14-15)16-6-10-18(9-4-2)11-7-16/h15-17H,3-14H2,1-2H3. The Morgan fingerprint density at radius 3 is 2.47 bits per heavy atom. The Morgan fingerprint density at radius 1 is 1.00 bits per heavy atom. The molecule has 2 aliphatic heterocycles. The zero-order chi connectivity index (χ0) is 13.5.